The molecule has 7 heteroatoms. The van der Waals surface area contributed by atoms with Crippen molar-refractivity contribution in [1.29, 1.82) is 0 Å². The molecular formula is C16H18N2O4S. The molecule has 0 saturated carbocycles. The highest BCUT2D eigenvalue weighted by Crippen LogP contribution is 2.34. The van der Waals surface area contributed by atoms with Gasteiger partial charge in [0, 0.05) is 19.7 Å². The maximum Gasteiger partial charge on any atom is 0.169 e. The number of para-hydroxylation sites is 1. The van der Waals surface area contributed by atoms with Gasteiger partial charge in [0.2, 0.25) is 0 Å². The van der Waals surface area contributed by atoms with E-state index < -0.39 is 9.84 Å². The van der Waals surface area contributed by atoms with Gasteiger partial charge in [0.1, 0.15) is 5.75 Å². The molecule has 6 nitrogen and oxygen atoms in total. The molecular weight excluding hydrogens is 316 g/mol. The molecule has 23 heavy (non-hydrogen) atoms. The third-order valence-corrected chi connectivity index (χ3v) is 5.16. The molecule has 0 radical (unpaired) electrons. The van der Waals surface area contributed by atoms with E-state index in [9.17, 15) is 8.42 Å². The highest BCUT2D eigenvalue weighted by molar-refractivity contribution is 7.90. The maximum atomic E-state index is 12.0. The Morgan fingerprint density at radius 1 is 1.30 bits per heavy atom. The minimum atomic E-state index is -3.25. The number of benzene rings is 1. The molecule has 0 aliphatic carbocycles. The first-order valence-electron chi connectivity index (χ1n) is 7.33. The van der Waals surface area contributed by atoms with Crippen LogP contribution in [-0.4, -0.2) is 37.9 Å². The SMILES string of the molecule is COCCS(=O)(=O)Cc1ccnc(C2Cc3ccccc3O2)n1. The third-order valence-electron chi connectivity index (χ3n) is 3.63. The van der Waals surface area contributed by atoms with E-state index in [0.29, 0.717) is 17.9 Å². The number of nitrogens with zero attached hydrogens (tertiary/aromatic N) is 2. The minimum absolute atomic E-state index is 0.0196. The second kappa shape index (κ2) is 6.64. The molecule has 0 amide bonds. The van der Waals surface area contributed by atoms with Gasteiger partial charge in [-0.1, -0.05) is 18.2 Å². The Balaban J connectivity index is 1.74. The van der Waals surface area contributed by atoms with Gasteiger partial charge >= 0.3 is 0 Å². The van der Waals surface area contributed by atoms with Crippen LogP contribution in [0.5, 0.6) is 5.75 Å². The Bertz CT molecular complexity index is 767. The Morgan fingerprint density at radius 3 is 2.91 bits per heavy atom. The van der Waals surface area contributed by atoms with Crippen LogP contribution in [0.4, 0.5) is 0 Å². The summed E-state index contributed by atoms with van der Waals surface area (Å²) in [6, 6.07) is 9.42. The standard InChI is InChI=1S/C16H18N2O4S/c1-21-8-9-23(19,20)11-13-6-7-17-16(18-13)15-10-12-4-2-3-5-14(12)22-15/h2-7,15H,8-11H2,1H3. The van der Waals surface area contributed by atoms with Crippen LogP contribution >= 0.6 is 0 Å². The first-order chi connectivity index (χ1) is 11.1. The summed E-state index contributed by atoms with van der Waals surface area (Å²) in [7, 11) is -1.77. The van der Waals surface area contributed by atoms with Gasteiger partial charge in [-0.2, -0.15) is 0 Å². The summed E-state index contributed by atoms with van der Waals surface area (Å²) in [6.07, 6.45) is 2.00. The van der Waals surface area contributed by atoms with Crippen LogP contribution in [0.1, 0.15) is 23.2 Å². The fourth-order valence-corrected chi connectivity index (χ4v) is 3.66. The molecule has 2 heterocycles. The molecule has 0 bridgehead atoms. The highest BCUT2D eigenvalue weighted by Gasteiger charge is 2.26. The molecule has 1 aliphatic heterocycles. The summed E-state index contributed by atoms with van der Waals surface area (Å²) < 4.78 is 34.7. The predicted molar refractivity (Wildman–Crippen MR) is 84.9 cm³/mol. The summed E-state index contributed by atoms with van der Waals surface area (Å²) in [5, 5.41) is 0. The minimum Gasteiger partial charge on any atom is -0.482 e. The lowest BCUT2D eigenvalue weighted by atomic mass is 10.1. The Hall–Kier alpha value is -1.99. The van der Waals surface area contributed by atoms with Gasteiger partial charge in [0.05, 0.1) is 23.8 Å². The molecule has 1 aliphatic rings. The first kappa shape index (κ1) is 15.9. The van der Waals surface area contributed by atoms with Crippen molar-refractivity contribution >= 4 is 9.84 Å². The van der Waals surface area contributed by atoms with Crippen molar-refractivity contribution < 1.29 is 17.9 Å². The Morgan fingerprint density at radius 2 is 2.13 bits per heavy atom. The Kier molecular flexibility index (Phi) is 4.58. The van der Waals surface area contributed by atoms with Crippen LogP contribution in [0.15, 0.2) is 36.5 Å². The lowest BCUT2D eigenvalue weighted by molar-refractivity contribution is 0.217. The van der Waals surface area contributed by atoms with E-state index in [0.717, 1.165) is 11.3 Å². The average molecular weight is 334 g/mol. The summed E-state index contributed by atoms with van der Waals surface area (Å²) in [4.78, 5) is 8.62. The zero-order chi connectivity index (χ0) is 16.3. The largest absolute Gasteiger partial charge is 0.482 e. The molecule has 3 rings (SSSR count). The van der Waals surface area contributed by atoms with Gasteiger partial charge in [0.25, 0.3) is 0 Å². The number of rotatable bonds is 6. The lowest BCUT2D eigenvalue weighted by Gasteiger charge is -2.10. The third kappa shape index (κ3) is 3.86. The topological polar surface area (TPSA) is 78.4 Å². The summed E-state index contributed by atoms with van der Waals surface area (Å²) in [6.45, 7) is 0.182. The summed E-state index contributed by atoms with van der Waals surface area (Å²) in [5.74, 6) is 1.21. The van der Waals surface area contributed by atoms with Crippen molar-refractivity contribution in [3.05, 3.63) is 53.6 Å². The number of hydrogen-bond donors (Lipinski definition) is 0. The van der Waals surface area contributed by atoms with Gasteiger partial charge < -0.3 is 9.47 Å². The second-order valence-electron chi connectivity index (χ2n) is 5.41. The van der Waals surface area contributed by atoms with Crippen molar-refractivity contribution in [3.8, 4) is 5.75 Å². The average Bonchev–Trinajstić information content (AvgIpc) is 2.97. The van der Waals surface area contributed by atoms with Crippen molar-refractivity contribution in [2.75, 3.05) is 19.5 Å². The van der Waals surface area contributed by atoms with E-state index >= 15 is 0 Å². The smallest absolute Gasteiger partial charge is 0.169 e. The number of fused-ring (bicyclic) bond motifs is 1. The molecule has 0 spiro atoms. The fraction of sp³-hybridized carbons (Fsp3) is 0.375. The molecule has 2 aromatic rings. The molecule has 0 saturated heterocycles. The predicted octanol–water partition coefficient (Wildman–Crippen LogP) is 1.71. The monoisotopic (exact) mass is 334 g/mol. The van der Waals surface area contributed by atoms with Crippen molar-refractivity contribution in [2.24, 2.45) is 0 Å². The van der Waals surface area contributed by atoms with Crippen LogP contribution in [-0.2, 0) is 26.7 Å². The molecule has 122 valence electrons. The molecule has 1 atom stereocenters. The number of methoxy groups -OCH3 is 1. The maximum absolute atomic E-state index is 12.0. The van der Waals surface area contributed by atoms with E-state index in [4.69, 9.17) is 9.47 Å². The van der Waals surface area contributed by atoms with E-state index in [1.807, 2.05) is 24.3 Å². The van der Waals surface area contributed by atoms with Crippen molar-refractivity contribution in [3.63, 3.8) is 0 Å². The Labute approximate surface area is 135 Å². The first-order valence-corrected chi connectivity index (χ1v) is 9.15. The van der Waals surface area contributed by atoms with Gasteiger partial charge in [0.15, 0.2) is 21.8 Å². The number of ether oxygens (including phenoxy) is 2. The van der Waals surface area contributed by atoms with Crippen LogP contribution < -0.4 is 4.74 Å². The van der Waals surface area contributed by atoms with Crippen LogP contribution in [0.2, 0.25) is 0 Å². The zero-order valence-electron chi connectivity index (χ0n) is 12.8. The molecule has 0 fully saturated rings. The van der Waals surface area contributed by atoms with E-state index in [2.05, 4.69) is 9.97 Å². The van der Waals surface area contributed by atoms with Crippen LogP contribution in [0.3, 0.4) is 0 Å². The normalized spacial score (nSPS) is 16.8. The van der Waals surface area contributed by atoms with Crippen LogP contribution in [0.25, 0.3) is 0 Å². The van der Waals surface area contributed by atoms with Gasteiger partial charge in [-0.15, -0.1) is 0 Å². The van der Waals surface area contributed by atoms with Crippen molar-refractivity contribution in [1.82, 2.24) is 9.97 Å². The van der Waals surface area contributed by atoms with E-state index in [-0.39, 0.29) is 24.2 Å². The van der Waals surface area contributed by atoms with Crippen LogP contribution in [0, 0.1) is 0 Å². The fourth-order valence-electron chi connectivity index (χ4n) is 2.48. The molecule has 1 aromatic carbocycles. The van der Waals surface area contributed by atoms with E-state index in [1.165, 1.54) is 7.11 Å². The molecule has 1 unspecified atom stereocenters. The van der Waals surface area contributed by atoms with Crippen molar-refractivity contribution in [2.45, 2.75) is 18.3 Å². The summed E-state index contributed by atoms with van der Waals surface area (Å²) in [5.41, 5.74) is 1.59. The highest BCUT2D eigenvalue weighted by atomic mass is 32.2. The van der Waals surface area contributed by atoms with Gasteiger partial charge in [-0.05, 0) is 17.7 Å². The summed E-state index contributed by atoms with van der Waals surface area (Å²) >= 11 is 0. The molecule has 1 aromatic heterocycles. The quantitative estimate of drug-likeness (QED) is 0.800. The van der Waals surface area contributed by atoms with Gasteiger partial charge in [-0.25, -0.2) is 18.4 Å². The second-order valence-corrected chi connectivity index (χ2v) is 7.59. The van der Waals surface area contributed by atoms with E-state index in [1.54, 1.807) is 12.3 Å². The number of hydrogen-bond acceptors (Lipinski definition) is 6. The number of sulfone groups is 1. The van der Waals surface area contributed by atoms with Gasteiger partial charge in [-0.3, -0.25) is 0 Å². The lowest BCUT2D eigenvalue weighted by Crippen LogP contribution is -2.16. The molecule has 0 N–H and O–H groups in total. The zero-order valence-corrected chi connectivity index (χ0v) is 13.6. The number of aromatic nitrogens is 2.